The van der Waals surface area contributed by atoms with Gasteiger partial charge < -0.3 is 14.8 Å². The van der Waals surface area contributed by atoms with Crippen LogP contribution in [0.1, 0.15) is 63.8 Å². The molecule has 3 heterocycles. The summed E-state index contributed by atoms with van der Waals surface area (Å²) < 4.78 is 11.8. The third-order valence-electron chi connectivity index (χ3n) is 4.72. The van der Waals surface area contributed by atoms with E-state index in [-0.39, 0.29) is 6.04 Å². The van der Waals surface area contributed by atoms with Crippen LogP contribution < -0.4 is 10.2 Å². The number of rotatable bonds is 6. The molecule has 1 atom stereocenters. The van der Waals surface area contributed by atoms with E-state index in [1.807, 2.05) is 72.9 Å². The summed E-state index contributed by atoms with van der Waals surface area (Å²) in [4.78, 5) is 28.9. The van der Waals surface area contributed by atoms with Crippen LogP contribution in [0.3, 0.4) is 0 Å². The average Bonchev–Trinajstić information content (AvgIpc) is 3.31. The van der Waals surface area contributed by atoms with Crippen LogP contribution >= 0.6 is 22.7 Å². The fourth-order valence-corrected chi connectivity index (χ4v) is 5.34. The molecule has 0 aliphatic rings. The number of fused-ring (bicyclic) bond motifs is 1. The highest BCUT2D eigenvalue weighted by Crippen LogP contribution is 2.36. The largest absolute Gasteiger partial charge is 0.444 e. The number of carbonyl (C=O) groups is 2. The number of nitrogens with zero attached hydrogens (tertiary/aromatic N) is 4. The molecular weight excluding hydrogens is 486 g/mol. The number of aryl methyl sites for hydroxylation is 1. The zero-order valence-corrected chi connectivity index (χ0v) is 23.1. The van der Waals surface area contributed by atoms with Crippen molar-refractivity contribution in [2.24, 2.45) is 0 Å². The zero-order valence-electron chi connectivity index (χ0n) is 21.5. The lowest BCUT2D eigenvalue weighted by Gasteiger charge is -2.26. The highest BCUT2D eigenvalue weighted by atomic mass is 32.1. The van der Waals surface area contributed by atoms with Gasteiger partial charge in [0.2, 0.25) is 0 Å². The van der Waals surface area contributed by atoms with Crippen molar-refractivity contribution in [2.75, 3.05) is 4.90 Å². The number of carbonyl (C=O) groups excluding carboxylic acids is 2. The fourth-order valence-electron chi connectivity index (χ4n) is 3.29. The van der Waals surface area contributed by atoms with Gasteiger partial charge in [0.05, 0.1) is 6.54 Å². The Balaban J connectivity index is 1.92. The van der Waals surface area contributed by atoms with Crippen LogP contribution in [-0.4, -0.2) is 44.8 Å². The monoisotopic (exact) mass is 519 g/mol. The van der Waals surface area contributed by atoms with E-state index in [0.29, 0.717) is 24.3 Å². The number of aromatic nitrogens is 3. The Hall–Kier alpha value is -2.79. The van der Waals surface area contributed by atoms with Crippen LogP contribution in [0, 0.1) is 6.92 Å². The Labute approximate surface area is 213 Å². The fraction of sp³-hybridized carbons (Fsp3) is 0.542. The highest BCUT2D eigenvalue weighted by Gasteiger charge is 2.29. The van der Waals surface area contributed by atoms with Crippen LogP contribution in [-0.2, 0) is 22.4 Å². The second kappa shape index (κ2) is 10.4. The van der Waals surface area contributed by atoms with E-state index in [9.17, 15) is 9.59 Å². The molecule has 1 N–H and O–H groups in total. The van der Waals surface area contributed by atoms with Gasteiger partial charge in [0.1, 0.15) is 21.4 Å². The molecule has 0 aromatic carbocycles. The molecule has 35 heavy (non-hydrogen) atoms. The maximum Gasteiger partial charge on any atom is 0.416 e. The summed E-state index contributed by atoms with van der Waals surface area (Å²) in [5.41, 5.74) is 0.392. The minimum absolute atomic E-state index is 0.172. The van der Waals surface area contributed by atoms with Crippen molar-refractivity contribution in [3.63, 3.8) is 0 Å². The number of amides is 2. The molecule has 0 bridgehead atoms. The van der Waals surface area contributed by atoms with Gasteiger partial charge in [0, 0.05) is 22.2 Å². The van der Waals surface area contributed by atoms with Crippen molar-refractivity contribution in [2.45, 2.75) is 85.6 Å². The molecule has 0 saturated carbocycles. The first-order valence-electron chi connectivity index (χ1n) is 11.4. The summed E-state index contributed by atoms with van der Waals surface area (Å²) >= 11 is 3.04. The molecule has 3 aromatic heterocycles. The lowest BCUT2D eigenvalue weighted by Crippen LogP contribution is -2.38. The first kappa shape index (κ1) is 26.8. The van der Waals surface area contributed by atoms with Gasteiger partial charge in [-0.05, 0) is 77.6 Å². The van der Waals surface area contributed by atoms with Crippen molar-refractivity contribution in [1.29, 1.82) is 0 Å². The predicted molar refractivity (Wildman–Crippen MR) is 139 cm³/mol. The molecule has 0 aliphatic carbocycles. The summed E-state index contributed by atoms with van der Waals surface area (Å²) in [5, 5.41) is 17.3. The molecule has 1 unspecified atom stereocenters. The first-order valence-corrected chi connectivity index (χ1v) is 13.1. The smallest absolute Gasteiger partial charge is 0.416 e. The lowest BCUT2D eigenvalue weighted by atomic mass is 10.1. The highest BCUT2D eigenvalue weighted by molar-refractivity contribution is 7.19. The van der Waals surface area contributed by atoms with Crippen molar-refractivity contribution >= 4 is 50.9 Å². The third-order valence-corrected chi connectivity index (χ3v) is 6.88. The topological polar surface area (TPSA) is 107 Å². The van der Waals surface area contributed by atoms with E-state index in [4.69, 9.17) is 9.47 Å². The van der Waals surface area contributed by atoms with Gasteiger partial charge in [0.25, 0.3) is 0 Å². The Morgan fingerprint density at radius 2 is 1.80 bits per heavy atom. The molecule has 9 nitrogen and oxygen atoms in total. The summed E-state index contributed by atoms with van der Waals surface area (Å²) in [6, 6.07) is 3.73. The number of nitrogens with one attached hydrogen (secondary N) is 1. The normalized spacial score (nSPS) is 12.9. The summed E-state index contributed by atoms with van der Waals surface area (Å²) in [7, 11) is 0. The maximum absolute atomic E-state index is 13.2. The van der Waals surface area contributed by atoms with Gasteiger partial charge >= 0.3 is 12.2 Å². The standard InChI is InChI=1S/C24H33N5O4S2/c1-14(25-21(30)32-23(3,4)5)12-17-15(2)18-19(35-17)20(27-28-26-18)29(13-16-10-9-11-34-16)22(31)33-24(6,7)8/h9-11,14H,12-13H2,1-8H3,(H,25,30). The Bertz CT molecular complexity index is 1180. The van der Waals surface area contributed by atoms with Crippen LogP contribution in [0.5, 0.6) is 0 Å². The number of hydrogen-bond acceptors (Lipinski definition) is 9. The minimum atomic E-state index is -0.663. The quantitative estimate of drug-likeness (QED) is 0.435. The molecule has 190 valence electrons. The second-order valence-corrected chi connectivity index (χ2v) is 12.5. The van der Waals surface area contributed by atoms with Crippen molar-refractivity contribution in [3.8, 4) is 0 Å². The summed E-state index contributed by atoms with van der Waals surface area (Å²) in [6.45, 7) is 15.2. The molecule has 0 spiro atoms. The Morgan fingerprint density at radius 1 is 1.11 bits per heavy atom. The third kappa shape index (κ3) is 7.35. The van der Waals surface area contributed by atoms with E-state index in [0.717, 1.165) is 20.0 Å². The van der Waals surface area contributed by atoms with E-state index in [1.54, 1.807) is 11.3 Å². The molecule has 0 fully saturated rings. The van der Waals surface area contributed by atoms with Gasteiger partial charge in [-0.2, -0.15) is 0 Å². The number of ether oxygens (including phenoxy) is 2. The molecule has 3 aromatic rings. The van der Waals surface area contributed by atoms with E-state index in [2.05, 4.69) is 20.7 Å². The Kier molecular flexibility index (Phi) is 8.00. The second-order valence-electron chi connectivity index (χ2n) is 10.3. The van der Waals surface area contributed by atoms with Gasteiger partial charge in [-0.15, -0.1) is 32.9 Å². The van der Waals surface area contributed by atoms with Crippen molar-refractivity contribution in [1.82, 2.24) is 20.7 Å². The van der Waals surface area contributed by atoms with Crippen LogP contribution in [0.2, 0.25) is 0 Å². The molecule has 0 aliphatic heterocycles. The van der Waals surface area contributed by atoms with Crippen LogP contribution in [0.15, 0.2) is 17.5 Å². The molecule has 3 rings (SSSR count). The van der Waals surface area contributed by atoms with Gasteiger partial charge in [-0.25, -0.2) is 9.59 Å². The number of alkyl carbamates (subject to hydrolysis) is 1. The molecule has 2 amide bonds. The van der Waals surface area contributed by atoms with E-state index >= 15 is 0 Å². The number of thiophene rings is 2. The molecular formula is C24H33N5O4S2. The molecule has 0 saturated heterocycles. The number of hydrogen-bond donors (Lipinski definition) is 1. The first-order chi connectivity index (χ1) is 16.2. The van der Waals surface area contributed by atoms with E-state index < -0.39 is 23.4 Å². The molecule has 11 heteroatoms. The van der Waals surface area contributed by atoms with Crippen LogP contribution in [0.25, 0.3) is 10.2 Å². The van der Waals surface area contributed by atoms with E-state index in [1.165, 1.54) is 16.2 Å². The van der Waals surface area contributed by atoms with Crippen LogP contribution in [0.4, 0.5) is 15.4 Å². The molecule has 0 radical (unpaired) electrons. The van der Waals surface area contributed by atoms with Gasteiger partial charge in [-0.1, -0.05) is 6.07 Å². The SMILES string of the molecule is Cc1c(CC(C)NC(=O)OC(C)(C)C)sc2c(N(Cc3cccs3)C(=O)OC(C)(C)C)nnnc12. The lowest BCUT2D eigenvalue weighted by molar-refractivity contribution is 0.0507. The average molecular weight is 520 g/mol. The van der Waals surface area contributed by atoms with Gasteiger partial charge in [0.15, 0.2) is 5.82 Å². The summed E-state index contributed by atoms with van der Waals surface area (Å²) in [6.07, 6.45) is -0.388. The summed E-state index contributed by atoms with van der Waals surface area (Å²) in [5.74, 6) is 0.407. The minimum Gasteiger partial charge on any atom is -0.444 e. The number of anilines is 1. The van der Waals surface area contributed by atoms with Gasteiger partial charge in [-0.3, -0.25) is 4.90 Å². The zero-order chi connectivity index (χ0) is 26.0. The maximum atomic E-state index is 13.2. The predicted octanol–water partition coefficient (Wildman–Crippen LogP) is 5.85. The van der Waals surface area contributed by atoms with Crippen molar-refractivity contribution in [3.05, 3.63) is 32.8 Å². The Morgan fingerprint density at radius 3 is 2.40 bits per heavy atom. The van der Waals surface area contributed by atoms with Crippen molar-refractivity contribution < 1.29 is 19.1 Å².